The lowest BCUT2D eigenvalue weighted by atomic mass is 10.0. The van der Waals surface area contributed by atoms with Crippen molar-refractivity contribution in [2.75, 3.05) is 0 Å². The molecule has 2 aromatic carbocycles. The van der Waals surface area contributed by atoms with E-state index in [0.717, 1.165) is 15.6 Å². The molecule has 0 atom stereocenters. The van der Waals surface area contributed by atoms with Crippen molar-refractivity contribution in [2.45, 2.75) is 6.42 Å². The summed E-state index contributed by atoms with van der Waals surface area (Å²) in [5, 5.41) is 12.9. The fraction of sp³-hybridized carbons (Fsp3) is 0.0588. The van der Waals surface area contributed by atoms with Crippen LogP contribution in [0.15, 0.2) is 47.4 Å². The Morgan fingerprint density at radius 3 is 2.61 bits per heavy atom. The SMILES string of the molecule is O=C1NC(=S)S/C1=C/c1cc(Cc2ccccc2)cc(I)c1O. The molecule has 0 saturated carbocycles. The Hall–Kier alpha value is -1.38. The number of hydrogen-bond acceptors (Lipinski definition) is 4. The molecule has 0 spiro atoms. The van der Waals surface area contributed by atoms with Crippen LogP contribution in [0.25, 0.3) is 6.08 Å². The largest absolute Gasteiger partial charge is 0.506 e. The summed E-state index contributed by atoms with van der Waals surface area (Å²) < 4.78 is 1.20. The van der Waals surface area contributed by atoms with Gasteiger partial charge in [-0.3, -0.25) is 4.79 Å². The van der Waals surface area contributed by atoms with Gasteiger partial charge in [-0.25, -0.2) is 0 Å². The van der Waals surface area contributed by atoms with Crippen LogP contribution in [0.1, 0.15) is 16.7 Å². The minimum absolute atomic E-state index is 0.182. The van der Waals surface area contributed by atoms with E-state index < -0.39 is 0 Å². The Kier molecular flexibility index (Phi) is 5.03. The Bertz CT molecular complexity index is 819. The summed E-state index contributed by atoms with van der Waals surface area (Å²) in [5.41, 5.74) is 2.91. The molecule has 0 aliphatic carbocycles. The van der Waals surface area contributed by atoms with E-state index in [9.17, 15) is 9.90 Å². The minimum Gasteiger partial charge on any atom is -0.506 e. The van der Waals surface area contributed by atoms with Gasteiger partial charge in [-0.15, -0.1) is 0 Å². The van der Waals surface area contributed by atoms with E-state index >= 15 is 0 Å². The second-order valence-electron chi connectivity index (χ2n) is 5.03. The van der Waals surface area contributed by atoms with E-state index in [2.05, 4.69) is 40.0 Å². The number of carbonyl (C=O) groups is 1. The van der Waals surface area contributed by atoms with Crippen molar-refractivity contribution in [1.29, 1.82) is 0 Å². The van der Waals surface area contributed by atoms with Crippen molar-refractivity contribution in [1.82, 2.24) is 5.32 Å². The van der Waals surface area contributed by atoms with Gasteiger partial charge in [0.15, 0.2) is 0 Å². The van der Waals surface area contributed by atoms with Gasteiger partial charge >= 0.3 is 0 Å². The highest BCUT2D eigenvalue weighted by molar-refractivity contribution is 14.1. The number of amides is 1. The molecule has 1 saturated heterocycles. The maximum atomic E-state index is 11.8. The van der Waals surface area contributed by atoms with E-state index in [1.165, 1.54) is 17.3 Å². The molecule has 3 rings (SSSR count). The topological polar surface area (TPSA) is 49.3 Å². The number of hydrogen-bond donors (Lipinski definition) is 2. The van der Waals surface area contributed by atoms with Crippen LogP contribution in [0.2, 0.25) is 0 Å². The van der Waals surface area contributed by atoms with E-state index in [1.807, 2.05) is 30.3 Å². The molecule has 0 radical (unpaired) electrons. The van der Waals surface area contributed by atoms with Gasteiger partial charge in [0.05, 0.1) is 8.48 Å². The highest BCUT2D eigenvalue weighted by Crippen LogP contribution is 2.32. The third-order valence-corrected chi connectivity index (χ3v) is 5.32. The number of phenols is 1. The summed E-state index contributed by atoms with van der Waals surface area (Å²) in [6.07, 6.45) is 2.45. The normalized spacial score (nSPS) is 16.0. The average Bonchev–Trinajstić information content (AvgIpc) is 2.83. The summed E-state index contributed by atoms with van der Waals surface area (Å²) >= 11 is 8.30. The highest BCUT2D eigenvalue weighted by atomic mass is 127. The third-order valence-electron chi connectivity index (χ3n) is 3.33. The third kappa shape index (κ3) is 3.94. The lowest BCUT2D eigenvalue weighted by Crippen LogP contribution is -2.17. The second-order valence-corrected chi connectivity index (χ2v) is 7.91. The fourth-order valence-corrected chi connectivity index (χ4v) is 4.03. The molecule has 1 aliphatic heterocycles. The molecule has 23 heavy (non-hydrogen) atoms. The molecule has 0 aromatic heterocycles. The highest BCUT2D eigenvalue weighted by Gasteiger charge is 2.22. The molecule has 2 aromatic rings. The predicted octanol–water partition coefficient (Wildman–Crippen LogP) is 4.08. The van der Waals surface area contributed by atoms with E-state index in [1.54, 1.807) is 6.08 Å². The molecule has 1 amide bonds. The number of benzene rings is 2. The number of thioether (sulfide) groups is 1. The molecule has 1 heterocycles. The Balaban J connectivity index is 1.96. The number of aromatic hydroxyl groups is 1. The quantitative estimate of drug-likeness (QED) is 0.418. The number of thiocarbonyl (C=S) groups is 1. The van der Waals surface area contributed by atoms with Gasteiger partial charge in [0.2, 0.25) is 0 Å². The van der Waals surface area contributed by atoms with Gasteiger partial charge in [0.25, 0.3) is 5.91 Å². The van der Waals surface area contributed by atoms with Crippen LogP contribution in [0, 0.1) is 3.57 Å². The van der Waals surface area contributed by atoms with Crippen LogP contribution >= 0.6 is 46.6 Å². The Labute approximate surface area is 157 Å². The maximum absolute atomic E-state index is 11.8. The van der Waals surface area contributed by atoms with Gasteiger partial charge in [-0.2, -0.15) is 0 Å². The van der Waals surface area contributed by atoms with Crippen LogP contribution in [0.4, 0.5) is 0 Å². The first-order valence-electron chi connectivity index (χ1n) is 6.83. The first kappa shape index (κ1) is 16.5. The van der Waals surface area contributed by atoms with Crippen molar-refractivity contribution in [3.05, 3.63) is 67.6 Å². The lowest BCUT2D eigenvalue weighted by molar-refractivity contribution is -0.115. The molecule has 0 unspecified atom stereocenters. The van der Waals surface area contributed by atoms with Gasteiger partial charge in [-0.1, -0.05) is 54.3 Å². The summed E-state index contributed by atoms with van der Waals surface area (Å²) in [6.45, 7) is 0. The standard InChI is InChI=1S/C17H12INO2S2/c18-13-8-11(6-10-4-2-1-3-5-10)7-12(15(13)20)9-14-16(21)19-17(22)23-14/h1-5,7-9,20H,6H2,(H,19,21,22)/b14-9+. The average molecular weight is 453 g/mol. The predicted molar refractivity (Wildman–Crippen MR) is 106 cm³/mol. The lowest BCUT2D eigenvalue weighted by Gasteiger charge is -2.08. The molecule has 6 heteroatoms. The van der Waals surface area contributed by atoms with Gasteiger partial charge < -0.3 is 10.4 Å². The van der Waals surface area contributed by atoms with E-state index in [-0.39, 0.29) is 11.7 Å². The van der Waals surface area contributed by atoms with Gasteiger partial charge in [0.1, 0.15) is 10.1 Å². The number of nitrogens with one attached hydrogen (secondary N) is 1. The van der Waals surface area contributed by atoms with Crippen LogP contribution < -0.4 is 5.32 Å². The van der Waals surface area contributed by atoms with Crippen LogP contribution in [-0.2, 0) is 11.2 Å². The second kappa shape index (κ2) is 7.02. The molecular formula is C17H12INO2S2. The molecule has 0 bridgehead atoms. The number of carbonyl (C=O) groups excluding carboxylic acids is 1. The van der Waals surface area contributed by atoms with Crippen molar-refractivity contribution in [2.24, 2.45) is 0 Å². The minimum atomic E-state index is -0.220. The zero-order chi connectivity index (χ0) is 16.4. The number of halogens is 1. The van der Waals surface area contributed by atoms with Crippen molar-refractivity contribution in [3.63, 3.8) is 0 Å². The Morgan fingerprint density at radius 2 is 1.96 bits per heavy atom. The molecule has 2 N–H and O–H groups in total. The summed E-state index contributed by atoms with van der Waals surface area (Å²) in [6, 6.07) is 14.0. The molecular weight excluding hydrogens is 441 g/mol. The molecule has 116 valence electrons. The molecule has 1 fully saturated rings. The van der Waals surface area contributed by atoms with Crippen LogP contribution in [0.3, 0.4) is 0 Å². The number of phenolic OH excluding ortho intramolecular Hbond substituents is 1. The maximum Gasteiger partial charge on any atom is 0.263 e. The zero-order valence-electron chi connectivity index (χ0n) is 11.9. The van der Waals surface area contributed by atoms with E-state index in [0.29, 0.717) is 14.8 Å². The molecule has 3 nitrogen and oxygen atoms in total. The first-order chi connectivity index (χ1) is 11.0. The smallest absolute Gasteiger partial charge is 0.263 e. The van der Waals surface area contributed by atoms with Crippen LogP contribution in [-0.4, -0.2) is 15.3 Å². The first-order valence-corrected chi connectivity index (χ1v) is 9.13. The fourth-order valence-electron chi connectivity index (χ4n) is 2.28. The summed E-state index contributed by atoms with van der Waals surface area (Å²) in [7, 11) is 0. The Morgan fingerprint density at radius 1 is 1.22 bits per heavy atom. The van der Waals surface area contributed by atoms with Crippen LogP contribution in [0.5, 0.6) is 5.75 Å². The number of rotatable bonds is 3. The summed E-state index contributed by atoms with van der Waals surface area (Å²) in [5.74, 6) is -0.0380. The van der Waals surface area contributed by atoms with Crippen molar-refractivity contribution in [3.8, 4) is 5.75 Å². The summed E-state index contributed by atoms with van der Waals surface area (Å²) in [4.78, 5) is 12.3. The van der Waals surface area contributed by atoms with Crippen molar-refractivity contribution < 1.29 is 9.90 Å². The van der Waals surface area contributed by atoms with Crippen molar-refractivity contribution >= 4 is 62.9 Å². The molecule has 1 aliphatic rings. The van der Waals surface area contributed by atoms with E-state index in [4.69, 9.17) is 12.2 Å². The monoisotopic (exact) mass is 453 g/mol. The zero-order valence-corrected chi connectivity index (χ0v) is 15.7. The van der Waals surface area contributed by atoms with Gasteiger partial charge in [-0.05, 0) is 58.3 Å². The van der Waals surface area contributed by atoms with Gasteiger partial charge in [0, 0.05) is 5.56 Å².